The van der Waals surface area contributed by atoms with E-state index in [1.165, 1.54) is 11.0 Å². The number of halogens is 1. The van der Waals surface area contributed by atoms with E-state index in [2.05, 4.69) is 5.32 Å². The molecular weight excluding hydrogens is 406 g/mol. The van der Waals surface area contributed by atoms with Crippen LogP contribution in [-0.4, -0.2) is 33.7 Å². The Bertz CT molecular complexity index is 919. The van der Waals surface area contributed by atoms with Crippen molar-refractivity contribution in [2.45, 2.75) is 52.2 Å². The van der Waals surface area contributed by atoms with Gasteiger partial charge in [-0.3, -0.25) is 19.7 Å². The van der Waals surface area contributed by atoms with Gasteiger partial charge in [0.2, 0.25) is 11.8 Å². The third-order valence-corrected chi connectivity index (χ3v) is 5.18. The Balaban J connectivity index is 2.31. The van der Waals surface area contributed by atoms with Gasteiger partial charge >= 0.3 is 0 Å². The first kappa shape index (κ1) is 23.3. The average molecular weight is 432 g/mol. The summed E-state index contributed by atoms with van der Waals surface area (Å²) in [5.41, 5.74) is 0.949. The summed E-state index contributed by atoms with van der Waals surface area (Å²) >= 11 is 6.07. The second-order valence-electron chi connectivity index (χ2n) is 7.21. The number of benzene rings is 2. The Morgan fingerprint density at radius 3 is 2.50 bits per heavy atom. The molecule has 0 aliphatic carbocycles. The van der Waals surface area contributed by atoms with E-state index in [9.17, 15) is 19.7 Å². The molecule has 0 spiro atoms. The third-order valence-electron chi connectivity index (χ3n) is 4.94. The molecule has 0 radical (unpaired) electrons. The Morgan fingerprint density at radius 1 is 1.17 bits per heavy atom. The zero-order valence-corrected chi connectivity index (χ0v) is 18.1. The molecule has 0 saturated heterocycles. The first-order valence-corrected chi connectivity index (χ1v) is 10.2. The topological polar surface area (TPSA) is 92.6 Å². The molecule has 0 unspecified atom stereocenters. The molecular formula is C22H26ClN3O4. The van der Waals surface area contributed by atoms with E-state index in [0.29, 0.717) is 10.6 Å². The molecule has 0 bridgehead atoms. The summed E-state index contributed by atoms with van der Waals surface area (Å²) in [7, 11) is 0. The molecule has 7 nitrogen and oxygen atoms in total. The predicted molar refractivity (Wildman–Crippen MR) is 116 cm³/mol. The van der Waals surface area contributed by atoms with Gasteiger partial charge in [0.05, 0.1) is 11.3 Å². The number of amides is 2. The van der Waals surface area contributed by atoms with E-state index in [-0.39, 0.29) is 36.5 Å². The number of rotatable bonds is 9. The second-order valence-corrected chi connectivity index (χ2v) is 7.64. The molecule has 0 aliphatic rings. The van der Waals surface area contributed by atoms with Crippen molar-refractivity contribution in [2.24, 2.45) is 0 Å². The fourth-order valence-corrected chi connectivity index (χ4v) is 3.20. The SMILES string of the molecule is CC[C@@H](C)NC(=O)[C@@H](C)N(Cc1cccc(Cl)c1)C(=O)Cc1ccccc1[N+](=O)[O-]. The summed E-state index contributed by atoms with van der Waals surface area (Å²) in [5.74, 6) is -0.654. The first-order chi connectivity index (χ1) is 14.2. The highest BCUT2D eigenvalue weighted by molar-refractivity contribution is 6.30. The predicted octanol–water partition coefficient (Wildman–Crippen LogP) is 4.12. The minimum absolute atomic E-state index is 0.0294. The summed E-state index contributed by atoms with van der Waals surface area (Å²) in [6, 6.07) is 12.4. The quantitative estimate of drug-likeness (QED) is 0.477. The maximum atomic E-state index is 13.2. The molecule has 160 valence electrons. The lowest BCUT2D eigenvalue weighted by atomic mass is 10.1. The number of hydrogen-bond acceptors (Lipinski definition) is 4. The maximum Gasteiger partial charge on any atom is 0.273 e. The molecule has 2 rings (SSSR count). The van der Waals surface area contributed by atoms with Crippen LogP contribution in [-0.2, 0) is 22.6 Å². The lowest BCUT2D eigenvalue weighted by molar-refractivity contribution is -0.385. The fourth-order valence-electron chi connectivity index (χ4n) is 2.98. The Morgan fingerprint density at radius 2 is 1.87 bits per heavy atom. The molecule has 2 atom stereocenters. The number of nitro benzene ring substituents is 1. The molecule has 8 heteroatoms. The van der Waals surface area contributed by atoms with Gasteiger partial charge in [0.15, 0.2) is 0 Å². The van der Waals surface area contributed by atoms with Crippen LogP contribution >= 0.6 is 11.6 Å². The van der Waals surface area contributed by atoms with Gasteiger partial charge in [0, 0.05) is 29.2 Å². The summed E-state index contributed by atoms with van der Waals surface area (Å²) < 4.78 is 0. The van der Waals surface area contributed by atoms with E-state index in [1.807, 2.05) is 19.9 Å². The minimum Gasteiger partial charge on any atom is -0.352 e. The number of hydrogen-bond donors (Lipinski definition) is 1. The van der Waals surface area contributed by atoms with Crippen molar-refractivity contribution in [3.8, 4) is 0 Å². The Labute approximate surface area is 181 Å². The van der Waals surface area contributed by atoms with E-state index in [4.69, 9.17) is 11.6 Å². The molecule has 0 fully saturated rings. The van der Waals surface area contributed by atoms with Crippen LogP contribution in [0.25, 0.3) is 0 Å². The van der Waals surface area contributed by atoms with Crippen molar-refractivity contribution in [1.29, 1.82) is 0 Å². The number of carbonyl (C=O) groups excluding carboxylic acids is 2. The van der Waals surface area contributed by atoms with Crippen LogP contribution in [0.2, 0.25) is 5.02 Å². The van der Waals surface area contributed by atoms with E-state index in [1.54, 1.807) is 43.3 Å². The van der Waals surface area contributed by atoms with Crippen LogP contribution in [0.4, 0.5) is 5.69 Å². The first-order valence-electron chi connectivity index (χ1n) is 9.79. The van der Waals surface area contributed by atoms with Gasteiger partial charge < -0.3 is 10.2 Å². The highest BCUT2D eigenvalue weighted by atomic mass is 35.5. The van der Waals surface area contributed by atoms with Crippen molar-refractivity contribution in [3.05, 3.63) is 74.8 Å². The molecule has 2 amide bonds. The van der Waals surface area contributed by atoms with Gasteiger partial charge in [-0.15, -0.1) is 0 Å². The van der Waals surface area contributed by atoms with Crippen molar-refractivity contribution < 1.29 is 14.5 Å². The number of carbonyl (C=O) groups is 2. The summed E-state index contributed by atoms with van der Waals surface area (Å²) in [6.07, 6.45) is 0.579. The molecule has 0 aromatic heterocycles. The van der Waals surface area contributed by atoms with Crippen molar-refractivity contribution in [1.82, 2.24) is 10.2 Å². The van der Waals surface area contributed by atoms with Crippen LogP contribution in [0.1, 0.15) is 38.3 Å². The van der Waals surface area contributed by atoms with Crippen LogP contribution < -0.4 is 5.32 Å². The molecule has 2 aromatic carbocycles. The molecule has 30 heavy (non-hydrogen) atoms. The molecule has 2 aromatic rings. The highest BCUT2D eigenvalue weighted by Crippen LogP contribution is 2.21. The van der Waals surface area contributed by atoms with Crippen molar-refractivity contribution >= 4 is 29.1 Å². The van der Waals surface area contributed by atoms with Gasteiger partial charge in [-0.25, -0.2) is 0 Å². The van der Waals surface area contributed by atoms with Crippen LogP contribution in [0, 0.1) is 10.1 Å². The van der Waals surface area contributed by atoms with Crippen LogP contribution in [0.5, 0.6) is 0 Å². The average Bonchev–Trinajstić information content (AvgIpc) is 2.71. The Hall–Kier alpha value is -2.93. The zero-order chi connectivity index (χ0) is 22.3. The Kier molecular flexibility index (Phi) is 8.35. The van der Waals surface area contributed by atoms with Gasteiger partial charge in [-0.1, -0.05) is 48.9 Å². The van der Waals surface area contributed by atoms with Crippen molar-refractivity contribution in [2.75, 3.05) is 0 Å². The van der Waals surface area contributed by atoms with E-state index in [0.717, 1.165) is 12.0 Å². The number of nitro groups is 1. The minimum atomic E-state index is -0.756. The molecule has 0 saturated carbocycles. The van der Waals surface area contributed by atoms with Crippen LogP contribution in [0.3, 0.4) is 0 Å². The lowest BCUT2D eigenvalue weighted by Gasteiger charge is -2.29. The molecule has 0 aliphatic heterocycles. The standard InChI is InChI=1S/C22H26ClN3O4/c1-4-15(2)24-22(28)16(3)25(14-17-8-7-10-19(23)12-17)21(27)13-18-9-5-6-11-20(18)26(29)30/h5-12,15-16H,4,13-14H2,1-3H3,(H,24,28)/t15-,16-/m1/s1. The normalized spacial score (nSPS) is 12.7. The number of nitrogens with one attached hydrogen (secondary N) is 1. The fraction of sp³-hybridized carbons (Fsp3) is 0.364. The summed E-state index contributed by atoms with van der Waals surface area (Å²) in [5, 5.41) is 14.7. The van der Waals surface area contributed by atoms with Crippen molar-refractivity contribution in [3.63, 3.8) is 0 Å². The van der Waals surface area contributed by atoms with Gasteiger partial charge in [-0.2, -0.15) is 0 Å². The second kappa shape index (κ2) is 10.7. The number of nitrogens with zero attached hydrogens (tertiary/aromatic N) is 2. The van der Waals surface area contributed by atoms with Gasteiger partial charge in [0.1, 0.15) is 6.04 Å². The highest BCUT2D eigenvalue weighted by Gasteiger charge is 2.28. The molecule has 1 N–H and O–H groups in total. The summed E-state index contributed by atoms with van der Waals surface area (Å²) in [4.78, 5) is 38.1. The third kappa shape index (κ3) is 6.29. The van der Waals surface area contributed by atoms with Gasteiger partial charge in [-0.05, 0) is 38.0 Å². The lowest BCUT2D eigenvalue weighted by Crippen LogP contribution is -2.49. The van der Waals surface area contributed by atoms with Crippen LogP contribution in [0.15, 0.2) is 48.5 Å². The monoisotopic (exact) mass is 431 g/mol. The zero-order valence-electron chi connectivity index (χ0n) is 17.3. The summed E-state index contributed by atoms with van der Waals surface area (Å²) in [6.45, 7) is 5.66. The maximum absolute atomic E-state index is 13.2. The molecule has 0 heterocycles. The largest absolute Gasteiger partial charge is 0.352 e. The van der Waals surface area contributed by atoms with Gasteiger partial charge in [0.25, 0.3) is 5.69 Å². The van der Waals surface area contributed by atoms with E-state index < -0.39 is 11.0 Å². The smallest absolute Gasteiger partial charge is 0.273 e. The number of para-hydroxylation sites is 1. The van der Waals surface area contributed by atoms with E-state index >= 15 is 0 Å².